The summed E-state index contributed by atoms with van der Waals surface area (Å²) in [7, 11) is 1.89. The van der Waals surface area contributed by atoms with Gasteiger partial charge in [-0.1, -0.05) is 38.1 Å². The molecule has 0 aliphatic heterocycles. The molecule has 0 aliphatic rings. The van der Waals surface area contributed by atoms with E-state index in [0.717, 1.165) is 33.4 Å². The molecule has 174 valence electrons. The van der Waals surface area contributed by atoms with Crippen molar-refractivity contribution in [2.75, 3.05) is 10.6 Å². The topological polar surface area (TPSA) is 84.7 Å². The van der Waals surface area contributed by atoms with E-state index >= 15 is 0 Å². The Morgan fingerprint density at radius 1 is 0.914 bits per heavy atom. The molecular formula is C28H26N6O. The molecular weight excluding hydrogens is 436 g/mol. The van der Waals surface area contributed by atoms with E-state index in [4.69, 9.17) is 0 Å². The smallest absolute Gasteiger partial charge is 0.255 e. The lowest BCUT2D eigenvalue weighted by Crippen LogP contribution is -2.12. The molecule has 0 spiro atoms. The number of aromatic nitrogens is 4. The van der Waals surface area contributed by atoms with E-state index in [0.29, 0.717) is 17.3 Å². The van der Waals surface area contributed by atoms with Crippen LogP contribution in [0.15, 0.2) is 85.5 Å². The molecule has 0 saturated carbocycles. The zero-order valence-electron chi connectivity index (χ0n) is 19.9. The van der Waals surface area contributed by atoms with Gasteiger partial charge in [-0.15, -0.1) is 0 Å². The summed E-state index contributed by atoms with van der Waals surface area (Å²) >= 11 is 0. The number of hydrogen-bond acceptors (Lipinski definition) is 5. The Kier molecular flexibility index (Phi) is 5.97. The molecule has 7 heteroatoms. The summed E-state index contributed by atoms with van der Waals surface area (Å²) in [4.78, 5) is 21.7. The van der Waals surface area contributed by atoms with Crippen LogP contribution >= 0.6 is 0 Å². The molecule has 2 aromatic heterocycles. The lowest BCUT2D eigenvalue weighted by molar-refractivity contribution is 0.102. The van der Waals surface area contributed by atoms with Crippen molar-refractivity contribution < 1.29 is 4.79 Å². The summed E-state index contributed by atoms with van der Waals surface area (Å²) in [6.07, 6.45) is 5.34. The van der Waals surface area contributed by atoms with E-state index in [1.54, 1.807) is 10.7 Å². The maximum atomic E-state index is 12.9. The van der Waals surface area contributed by atoms with Crippen LogP contribution in [0.2, 0.25) is 0 Å². The Hall–Kier alpha value is -4.52. The van der Waals surface area contributed by atoms with Crippen molar-refractivity contribution in [1.82, 2.24) is 19.7 Å². The number of nitrogens with zero attached hydrogens (tertiary/aromatic N) is 4. The van der Waals surface area contributed by atoms with Gasteiger partial charge in [-0.25, -0.2) is 9.97 Å². The summed E-state index contributed by atoms with van der Waals surface area (Å²) in [5.41, 5.74) is 6.21. The minimum Gasteiger partial charge on any atom is -0.340 e. The predicted molar refractivity (Wildman–Crippen MR) is 140 cm³/mol. The van der Waals surface area contributed by atoms with Crippen LogP contribution in [-0.4, -0.2) is 25.7 Å². The van der Waals surface area contributed by atoms with Gasteiger partial charge in [0.25, 0.3) is 5.91 Å². The summed E-state index contributed by atoms with van der Waals surface area (Å²) in [5.74, 6) is 0.955. The van der Waals surface area contributed by atoms with Gasteiger partial charge in [-0.3, -0.25) is 9.48 Å². The van der Waals surface area contributed by atoms with Gasteiger partial charge in [0, 0.05) is 41.1 Å². The van der Waals surface area contributed by atoms with Gasteiger partial charge in [0.1, 0.15) is 12.1 Å². The van der Waals surface area contributed by atoms with Crippen molar-refractivity contribution in [1.29, 1.82) is 0 Å². The Morgan fingerprint density at radius 3 is 2.49 bits per heavy atom. The number of anilines is 3. The zero-order valence-corrected chi connectivity index (χ0v) is 19.9. The highest BCUT2D eigenvalue weighted by atomic mass is 16.1. The minimum atomic E-state index is -0.167. The first-order valence-corrected chi connectivity index (χ1v) is 11.5. The average molecular weight is 463 g/mol. The first-order chi connectivity index (χ1) is 17.0. The molecule has 35 heavy (non-hydrogen) atoms. The summed E-state index contributed by atoms with van der Waals surface area (Å²) < 4.78 is 1.77. The van der Waals surface area contributed by atoms with Gasteiger partial charge < -0.3 is 10.6 Å². The van der Waals surface area contributed by atoms with Crippen LogP contribution in [0.3, 0.4) is 0 Å². The first-order valence-electron chi connectivity index (χ1n) is 11.5. The Morgan fingerprint density at radius 2 is 1.74 bits per heavy atom. The van der Waals surface area contributed by atoms with Crippen molar-refractivity contribution in [3.63, 3.8) is 0 Å². The van der Waals surface area contributed by atoms with Gasteiger partial charge in [0.15, 0.2) is 0 Å². The highest BCUT2D eigenvalue weighted by Gasteiger charge is 2.10. The Labute approximate surface area is 203 Å². The highest BCUT2D eigenvalue weighted by Crippen LogP contribution is 2.28. The molecule has 7 nitrogen and oxygen atoms in total. The van der Waals surface area contributed by atoms with E-state index < -0.39 is 0 Å². The third kappa shape index (κ3) is 4.89. The number of fused-ring (bicyclic) bond motifs is 1. The van der Waals surface area contributed by atoms with Crippen molar-refractivity contribution in [2.45, 2.75) is 19.8 Å². The number of amides is 1. The maximum Gasteiger partial charge on any atom is 0.255 e. The number of rotatable bonds is 6. The van der Waals surface area contributed by atoms with Gasteiger partial charge in [-0.2, -0.15) is 5.10 Å². The van der Waals surface area contributed by atoms with Crippen LogP contribution in [0.4, 0.5) is 17.2 Å². The fourth-order valence-electron chi connectivity index (χ4n) is 3.94. The minimum absolute atomic E-state index is 0.167. The number of hydrogen-bond donors (Lipinski definition) is 2. The molecule has 0 saturated heterocycles. The third-order valence-corrected chi connectivity index (χ3v) is 5.90. The molecule has 0 fully saturated rings. The van der Waals surface area contributed by atoms with E-state index in [1.807, 2.05) is 80.1 Å². The average Bonchev–Trinajstić information content (AvgIpc) is 3.30. The molecule has 0 bridgehead atoms. The summed E-state index contributed by atoms with van der Waals surface area (Å²) in [6, 6.07) is 21.4. The van der Waals surface area contributed by atoms with Crippen molar-refractivity contribution in [3.8, 4) is 11.1 Å². The molecule has 5 aromatic rings. The quantitative estimate of drug-likeness (QED) is 0.316. The van der Waals surface area contributed by atoms with Gasteiger partial charge >= 0.3 is 0 Å². The molecule has 3 aromatic carbocycles. The molecule has 0 unspecified atom stereocenters. The second kappa shape index (κ2) is 9.38. The number of benzene rings is 3. The monoisotopic (exact) mass is 462 g/mol. The molecule has 2 heterocycles. The molecule has 0 aliphatic carbocycles. The summed E-state index contributed by atoms with van der Waals surface area (Å²) in [5, 5.41) is 11.4. The van der Waals surface area contributed by atoms with Crippen LogP contribution in [-0.2, 0) is 7.05 Å². The molecule has 0 radical (unpaired) electrons. The van der Waals surface area contributed by atoms with E-state index in [2.05, 4.69) is 39.5 Å². The lowest BCUT2D eigenvalue weighted by Gasteiger charge is -2.11. The first kappa shape index (κ1) is 22.3. The predicted octanol–water partition coefficient (Wildman–Crippen LogP) is 6.15. The van der Waals surface area contributed by atoms with E-state index in [1.165, 1.54) is 11.9 Å². The van der Waals surface area contributed by atoms with Crippen LogP contribution in [0.1, 0.15) is 35.7 Å². The normalized spacial score (nSPS) is 11.1. The largest absolute Gasteiger partial charge is 0.340 e. The van der Waals surface area contributed by atoms with Gasteiger partial charge in [0.2, 0.25) is 0 Å². The number of carbonyl (C=O) groups is 1. The van der Waals surface area contributed by atoms with Crippen LogP contribution in [0.25, 0.3) is 22.0 Å². The molecule has 0 atom stereocenters. The second-order valence-corrected chi connectivity index (χ2v) is 8.79. The summed E-state index contributed by atoms with van der Waals surface area (Å²) in [6.45, 7) is 4.29. The Balaban J connectivity index is 1.36. The van der Waals surface area contributed by atoms with Gasteiger partial charge in [-0.05, 0) is 59.5 Å². The maximum absolute atomic E-state index is 12.9. The van der Waals surface area contributed by atoms with Crippen molar-refractivity contribution >= 4 is 34.0 Å². The fourth-order valence-corrected chi connectivity index (χ4v) is 3.94. The molecule has 5 rings (SSSR count). The zero-order chi connectivity index (χ0) is 24.4. The third-order valence-electron chi connectivity index (χ3n) is 5.90. The van der Waals surface area contributed by atoms with Crippen LogP contribution in [0, 0.1) is 0 Å². The fraction of sp³-hybridized carbons (Fsp3) is 0.143. The van der Waals surface area contributed by atoms with Crippen molar-refractivity contribution in [2.24, 2.45) is 7.05 Å². The standard InChI is InChI=1S/C28H26N6O/c1-18(2)19-7-10-23(11-8-19)33-28(35)21-5-4-6-24(13-21)32-27-25-12-9-20(14-26(25)29-17-30-27)22-15-31-34(3)16-22/h4-18H,1-3H3,(H,33,35)(H,29,30,32). The van der Waals surface area contributed by atoms with E-state index in [9.17, 15) is 4.79 Å². The van der Waals surface area contributed by atoms with E-state index in [-0.39, 0.29) is 5.91 Å². The number of carbonyl (C=O) groups excluding carboxylic acids is 1. The number of aryl methyl sites for hydroxylation is 1. The second-order valence-electron chi connectivity index (χ2n) is 8.79. The van der Waals surface area contributed by atoms with Crippen LogP contribution in [0.5, 0.6) is 0 Å². The SMILES string of the molecule is CC(C)c1ccc(NC(=O)c2cccc(Nc3ncnc4cc(-c5cnn(C)c5)ccc34)c2)cc1. The highest BCUT2D eigenvalue weighted by molar-refractivity contribution is 6.05. The Bertz CT molecular complexity index is 1500. The van der Waals surface area contributed by atoms with Crippen molar-refractivity contribution in [3.05, 3.63) is 96.6 Å². The molecule has 2 N–H and O–H groups in total. The van der Waals surface area contributed by atoms with Gasteiger partial charge in [0.05, 0.1) is 11.7 Å². The van der Waals surface area contributed by atoms with Crippen LogP contribution < -0.4 is 10.6 Å². The molecule has 1 amide bonds. The lowest BCUT2D eigenvalue weighted by atomic mass is 10.0. The number of nitrogens with one attached hydrogen (secondary N) is 2.